The molecule has 5 heteroatoms. The summed E-state index contributed by atoms with van der Waals surface area (Å²) in [5.41, 5.74) is 3.61. The van der Waals surface area contributed by atoms with Crippen molar-refractivity contribution in [1.82, 2.24) is 10.3 Å². The first-order valence-corrected chi connectivity index (χ1v) is 7.21. The van der Waals surface area contributed by atoms with Gasteiger partial charge in [-0.05, 0) is 26.1 Å². The molecule has 0 saturated carbocycles. The highest BCUT2D eigenvalue weighted by molar-refractivity contribution is 7.09. The Kier molecular flexibility index (Phi) is 3.31. The number of fused-ring (bicyclic) bond motifs is 1. The minimum absolute atomic E-state index is 0.0102. The van der Waals surface area contributed by atoms with E-state index in [9.17, 15) is 0 Å². The quantitative estimate of drug-likeness (QED) is 0.788. The summed E-state index contributed by atoms with van der Waals surface area (Å²) in [5, 5.41) is 4.93. The molecular weight excluding hydrogens is 280 g/mol. The van der Waals surface area contributed by atoms with Crippen molar-refractivity contribution in [3.63, 3.8) is 0 Å². The molecule has 2 heterocycles. The number of nitrogens with zero attached hydrogens (tertiary/aromatic N) is 1. The maximum Gasteiger partial charge on any atom is 0.152 e. The maximum atomic E-state index is 6.15. The van der Waals surface area contributed by atoms with E-state index in [0.29, 0.717) is 5.02 Å². The number of thiazole rings is 1. The molecule has 1 aromatic carbocycles. The average Bonchev–Trinajstić information content (AvgIpc) is 2.99. The van der Waals surface area contributed by atoms with Crippen LogP contribution in [0.15, 0.2) is 34.2 Å². The van der Waals surface area contributed by atoms with Crippen molar-refractivity contribution in [2.24, 2.45) is 0 Å². The third-order valence-corrected chi connectivity index (χ3v) is 4.43. The minimum atomic E-state index is 0.0102. The highest BCUT2D eigenvalue weighted by Gasteiger charge is 2.21. The normalized spacial score (nSPS) is 13.0. The predicted molar refractivity (Wildman–Crippen MR) is 79.0 cm³/mol. The third-order valence-electron chi connectivity index (χ3n) is 3.13. The number of benzene rings is 1. The molecule has 1 atom stereocenters. The molecule has 3 aromatic rings. The Morgan fingerprint density at radius 2 is 2.26 bits per heavy atom. The Morgan fingerprint density at radius 3 is 2.89 bits per heavy atom. The molecule has 0 fully saturated rings. The molecule has 3 rings (SSSR count). The zero-order chi connectivity index (χ0) is 13.4. The smallest absolute Gasteiger partial charge is 0.152 e. The summed E-state index contributed by atoms with van der Waals surface area (Å²) in [6.45, 7) is 2.01. The molecule has 1 N–H and O–H groups in total. The number of furan rings is 1. The second-order valence-electron chi connectivity index (χ2n) is 4.33. The van der Waals surface area contributed by atoms with E-state index in [-0.39, 0.29) is 6.04 Å². The molecule has 0 aliphatic rings. The fourth-order valence-electron chi connectivity index (χ4n) is 2.18. The van der Waals surface area contributed by atoms with Gasteiger partial charge in [-0.15, -0.1) is 11.3 Å². The van der Waals surface area contributed by atoms with Gasteiger partial charge in [0.05, 0.1) is 21.1 Å². The number of hydrogen-bond donors (Lipinski definition) is 1. The van der Waals surface area contributed by atoms with Crippen LogP contribution in [0.5, 0.6) is 0 Å². The summed E-state index contributed by atoms with van der Waals surface area (Å²) >= 11 is 7.78. The predicted octanol–water partition coefficient (Wildman–Crippen LogP) is 4.16. The Bertz CT molecular complexity index is 719. The second kappa shape index (κ2) is 4.96. The molecule has 0 radical (unpaired) electrons. The number of para-hydroxylation sites is 1. The van der Waals surface area contributed by atoms with E-state index in [0.717, 1.165) is 27.3 Å². The summed E-state index contributed by atoms with van der Waals surface area (Å²) in [7, 11) is 1.92. The van der Waals surface area contributed by atoms with Crippen LogP contribution >= 0.6 is 22.9 Å². The zero-order valence-corrected chi connectivity index (χ0v) is 12.2. The standard InChI is InChI=1S/C14H13ClN2OS/c1-8-14(19-7-17-8)12(16-2)11-6-9-4-3-5-10(15)13(9)18-11/h3-7,12,16H,1-2H3. The largest absolute Gasteiger partial charge is 0.457 e. The molecule has 98 valence electrons. The van der Waals surface area contributed by atoms with Gasteiger partial charge in [0.2, 0.25) is 0 Å². The second-order valence-corrected chi connectivity index (χ2v) is 5.62. The first kappa shape index (κ1) is 12.7. The van der Waals surface area contributed by atoms with Gasteiger partial charge in [-0.1, -0.05) is 23.7 Å². The van der Waals surface area contributed by atoms with Gasteiger partial charge in [0, 0.05) is 5.39 Å². The van der Waals surface area contributed by atoms with Gasteiger partial charge in [-0.25, -0.2) is 4.98 Å². The fraction of sp³-hybridized carbons (Fsp3) is 0.214. The van der Waals surface area contributed by atoms with Crippen molar-refractivity contribution in [2.45, 2.75) is 13.0 Å². The van der Waals surface area contributed by atoms with Crippen LogP contribution in [0, 0.1) is 6.92 Å². The van der Waals surface area contributed by atoms with E-state index in [1.807, 2.05) is 43.7 Å². The molecule has 0 spiro atoms. The van der Waals surface area contributed by atoms with E-state index in [1.165, 1.54) is 0 Å². The van der Waals surface area contributed by atoms with Crippen molar-refractivity contribution >= 4 is 33.9 Å². The molecule has 0 saturated heterocycles. The third kappa shape index (κ3) is 2.16. The Hall–Kier alpha value is -1.36. The van der Waals surface area contributed by atoms with E-state index < -0.39 is 0 Å². The number of hydrogen-bond acceptors (Lipinski definition) is 4. The van der Waals surface area contributed by atoms with Crippen LogP contribution in [-0.4, -0.2) is 12.0 Å². The fourth-order valence-corrected chi connectivity index (χ4v) is 3.32. The topological polar surface area (TPSA) is 38.1 Å². The first-order chi connectivity index (χ1) is 9.20. The van der Waals surface area contributed by atoms with Gasteiger partial charge in [0.15, 0.2) is 5.58 Å². The van der Waals surface area contributed by atoms with E-state index in [2.05, 4.69) is 10.3 Å². The van der Waals surface area contributed by atoms with Gasteiger partial charge in [-0.2, -0.15) is 0 Å². The van der Waals surface area contributed by atoms with Crippen molar-refractivity contribution in [1.29, 1.82) is 0 Å². The minimum Gasteiger partial charge on any atom is -0.457 e. The molecule has 3 nitrogen and oxygen atoms in total. The average molecular weight is 293 g/mol. The number of aryl methyl sites for hydroxylation is 1. The van der Waals surface area contributed by atoms with Crippen LogP contribution < -0.4 is 5.32 Å². The highest BCUT2D eigenvalue weighted by atomic mass is 35.5. The number of rotatable bonds is 3. The molecule has 0 aliphatic carbocycles. The summed E-state index contributed by atoms with van der Waals surface area (Å²) in [6, 6.07) is 7.80. The molecule has 0 bridgehead atoms. The highest BCUT2D eigenvalue weighted by Crippen LogP contribution is 2.33. The number of nitrogens with one attached hydrogen (secondary N) is 1. The number of halogens is 1. The van der Waals surface area contributed by atoms with Crippen molar-refractivity contribution in [2.75, 3.05) is 7.05 Å². The van der Waals surface area contributed by atoms with Crippen LogP contribution in [0.1, 0.15) is 22.4 Å². The van der Waals surface area contributed by atoms with E-state index in [4.69, 9.17) is 16.0 Å². The van der Waals surface area contributed by atoms with Gasteiger partial charge >= 0.3 is 0 Å². The first-order valence-electron chi connectivity index (χ1n) is 5.96. The molecule has 2 aromatic heterocycles. The SMILES string of the molecule is CNC(c1cc2cccc(Cl)c2o1)c1scnc1C. The lowest BCUT2D eigenvalue weighted by Crippen LogP contribution is -2.16. The molecule has 19 heavy (non-hydrogen) atoms. The van der Waals surface area contributed by atoms with Gasteiger partial charge in [0.25, 0.3) is 0 Å². The number of aromatic nitrogens is 1. The van der Waals surface area contributed by atoms with E-state index >= 15 is 0 Å². The molecule has 1 unspecified atom stereocenters. The maximum absolute atomic E-state index is 6.15. The van der Waals surface area contributed by atoms with Crippen LogP contribution in [0.3, 0.4) is 0 Å². The summed E-state index contributed by atoms with van der Waals surface area (Å²) in [4.78, 5) is 5.46. The molecule has 0 aliphatic heterocycles. The molecule has 0 amide bonds. The van der Waals surface area contributed by atoms with Gasteiger partial charge in [-0.3, -0.25) is 0 Å². The van der Waals surface area contributed by atoms with Crippen LogP contribution in [0.2, 0.25) is 5.02 Å². The monoisotopic (exact) mass is 292 g/mol. The van der Waals surface area contributed by atoms with E-state index in [1.54, 1.807) is 11.3 Å². The lowest BCUT2D eigenvalue weighted by molar-refractivity contribution is 0.494. The Labute approximate surface area is 120 Å². The van der Waals surface area contributed by atoms with Crippen LogP contribution in [0.25, 0.3) is 11.0 Å². The van der Waals surface area contributed by atoms with Gasteiger partial charge < -0.3 is 9.73 Å². The van der Waals surface area contributed by atoms with Crippen molar-refractivity contribution < 1.29 is 4.42 Å². The lowest BCUT2D eigenvalue weighted by atomic mass is 10.1. The van der Waals surface area contributed by atoms with Crippen LogP contribution in [0.4, 0.5) is 0 Å². The van der Waals surface area contributed by atoms with Crippen molar-refractivity contribution in [3.8, 4) is 0 Å². The van der Waals surface area contributed by atoms with Crippen molar-refractivity contribution in [3.05, 3.63) is 51.1 Å². The van der Waals surface area contributed by atoms with Gasteiger partial charge in [0.1, 0.15) is 11.8 Å². The Balaban J connectivity index is 2.12. The summed E-state index contributed by atoms with van der Waals surface area (Å²) < 4.78 is 5.92. The molecular formula is C14H13ClN2OS. The Morgan fingerprint density at radius 1 is 1.42 bits per heavy atom. The zero-order valence-electron chi connectivity index (χ0n) is 10.6. The summed E-state index contributed by atoms with van der Waals surface area (Å²) in [5.74, 6) is 0.859. The van der Waals surface area contributed by atoms with Crippen LogP contribution in [-0.2, 0) is 0 Å². The summed E-state index contributed by atoms with van der Waals surface area (Å²) in [6.07, 6.45) is 0. The lowest BCUT2D eigenvalue weighted by Gasteiger charge is -2.11.